The topological polar surface area (TPSA) is 75.4 Å². The molecule has 0 spiro atoms. The van der Waals surface area contributed by atoms with Gasteiger partial charge in [-0.3, -0.25) is 9.69 Å². The van der Waals surface area contributed by atoms with Gasteiger partial charge in [-0.2, -0.15) is 0 Å². The second-order valence-electron chi connectivity index (χ2n) is 3.45. The van der Waals surface area contributed by atoms with Crippen molar-refractivity contribution < 1.29 is 14.7 Å². The number of carboxylic acids is 1. The van der Waals surface area contributed by atoms with Crippen LogP contribution in [0.4, 0.5) is 5.95 Å². The number of hydrogen-bond acceptors (Lipinski definition) is 3. The summed E-state index contributed by atoms with van der Waals surface area (Å²) in [5.41, 5.74) is -0.0156. The number of aromatic nitrogens is 2. The lowest BCUT2D eigenvalue weighted by molar-refractivity contribution is -0.116. The zero-order chi connectivity index (χ0) is 11.0. The van der Waals surface area contributed by atoms with Crippen LogP contribution in [0.1, 0.15) is 23.8 Å². The van der Waals surface area contributed by atoms with Gasteiger partial charge >= 0.3 is 5.97 Å². The Morgan fingerprint density at radius 2 is 2.20 bits per heavy atom. The second-order valence-corrected chi connectivity index (χ2v) is 3.45. The maximum Gasteiger partial charge on any atom is 0.356 e. The molecule has 1 aliphatic heterocycles. The summed E-state index contributed by atoms with van der Waals surface area (Å²) >= 11 is 0. The van der Waals surface area contributed by atoms with Gasteiger partial charge in [0.05, 0.1) is 0 Å². The van der Waals surface area contributed by atoms with Gasteiger partial charge in [-0.1, -0.05) is 0 Å². The number of amides is 1. The number of nitrogens with zero attached hydrogens (tertiary/aromatic N) is 3. The zero-order valence-electron chi connectivity index (χ0n) is 8.30. The lowest BCUT2D eigenvalue weighted by Crippen LogP contribution is -2.35. The maximum atomic E-state index is 11.3. The predicted octanol–water partition coefficient (Wildman–Crippen LogP) is 0.338. The van der Waals surface area contributed by atoms with E-state index in [2.05, 4.69) is 4.98 Å². The Bertz CT molecular complexity index is 424. The Morgan fingerprint density at radius 3 is 2.80 bits per heavy atom. The van der Waals surface area contributed by atoms with Gasteiger partial charge in [-0.05, 0) is 6.42 Å². The highest BCUT2D eigenvalue weighted by Crippen LogP contribution is 2.20. The number of carbonyl (C=O) groups excluding carboxylic acids is 1. The zero-order valence-corrected chi connectivity index (χ0v) is 8.30. The van der Waals surface area contributed by atoms with Crippen LogP contribution in [0.5, 0.6) is 0 Å². The third kappa shape index (κ3) is 1.58. The van der Waals surface area contributed by atoms with Crippen LogP contribution < -0.4 is 4.90 Å². The first-order valence-corrected chi connectivity index (χ1v) is 4.68. The highest BCUT2D eigenvalue weighted by molar-refractivity contribution is 5.91. The van der Waals surface area contributed by atoms with Crippen LogP contribution in [-0.4, -0.2) is 33.1 Å². The standard InChI is InChI=1S/C9H11N3O3/c1-6(13)12-4-2-3-11-5-7(8(14)15)10-9(11)12/h5H,2-4H2,1H3,(H,14,15). The van der Waals surface area contributed by atoms with E-state index in [4.69, 9.17) is 5.11 Å². The molecule has 0 fully saturated rings. The van der Waals surface area contributed by atoms with Gasteiger partial charge in [0, 0.05) is 26.2 Å². The third-order valence-corrected chi connectivity index (χ3v) is 2.38. The summed E-state index contributed by atoms with van der Waals surface area (Å²) in [7, 11) is 0. The molecule has 0 saturated carbocycles. The van der Waals surface area contributed by atoms with Crippen molar-refractivity contribution >= 4 is 17.8 Å². The molecule has 2 rings (SSSR count). The maximum absolute atomic E-state index is 11.3. The number of aromatic carboxylic acids is 1. The summed E-state index contributed by atoms with van der Waals surface area (Å²) in [6, 6.07) is 0. The summed E-state index contributed by atoms with van der Waals surface area (Å²) in [4.78, 5) is 27.4. The van der Waals surface area contributed by atoms with Crippen molar-refractivity contribution in [2.75, 3.05) is 11.4 Å². The predicted molar refractivity (Wildman–Crippen MR) is 51.8 cm³/mol. The average Bonchev–Trinajstić information content (AvgIpc) is 2.60. The van der Waals surface area contributed by atoms with Crippen molar-refractivity contribution in [1.29, 1.82) is 0 Å². The molecule has 0 aliphatic carbocycles. The van der Waals surface area contributed by atoms with Gasteiger partial charge < -0.3 is 9.67 Å². The van der Waals surface area contributed by atoms with E-state index in [1.807, 2.05) is 0 Å². The fraction of sp³-hybridized carbons (Fsp3) is 0.444. The molecule has 0 aromatic carbocycles. The minimum absolute atomic E-state index is 0.0156. The van der Waals surface area contributed by atoms with Crippen LogP contribution in [0, 0.1) is 0 Å². The monoisotopic (exact) mass is 209 g/mol. The van der Waals surface area contributed by atoms with Crippen molar-refractivity contribution in [3.05, 3.63) is 11.9 Å². The molecular weight excluding hydrogens is 198 g/mol. The van der Waals surface area contributed by atoms with Gasteiger partial charge in [-0.15, -0.1) is 0 Å². The van der Waals surface area contributed by atoms with Crippen LogP contribution >= 0.6 is 0 Å². The smallest absolute Gasteiger partial charge is 0.356 e. The molecule has 0 atom stereocenters. The van der Waals surface area contributed by atoms with Crippen molar-refractivity contribution in [3.8, 4) is 0 Å². The summed E-state index contributed by atoms with van der Waals surface area (Å²) in [5, 5.41) is 8.78. The molecule has 1 aromatic heterocycles. The fourth-order valence-corrected chi connectivity index (χ4v) is 1.69. The molecule has 0 bridgehead atoms. The Kier molecular flexibility index (Phi) is 2.18. The highest BCUT2D eigenvalue weighted by Gasteiger charge is 2.24. The van der Waals surface area contributed by atoms with Gasteiger partial charge in [0.2, 0.25) is 11.9 Å². The number of aryl methyl sites for hydroxylation is 1. The first-order valence-electron chi connectivity index (χ1n) is 4.68. The molecule has 1 amide bonds. The van der Waals surface area contributed by atoms with E-state index in [1.54, 1.807) is 4.57 Å². The Morgan fingerprint density at radius 1 is 1.47 bits per heavy atom. The van der Waals surface area contributed by atoms with E-state index in [-0.39, 0.29) is 11.6 Å². The number of carbonyl (C=O) groups is 2. The summed E-state index contributed by atoms with van der Waals surface area (Å²) in [5.74, 6) is -0.745. The van der Waals surface area contributed by atoms with E-state index in [1.165, 1.54) is 18.0 Å². The third-order valence-electron chi connectivity index (χ3n) is 2.38. The van der Waals surface area contributed by atoms with E-state index in [0.29, 0.717) is 19.0 Å². The largest absolute Gasteiger partial charge is 0.476 e. The van der Waals surface area contributed by atoms with Crippen LogP contribution in [-0.2, 0) is 11.3 Å². The first-order chi connectivity index (χ1) is 7.09. The van der Waals surface area contributed by atoms with E-state index in [0.717, 1.165) is 6.42 Å². The molecule has 0 radical (unpaired) electrons. The normalized spacial score (nSPS) is 14.9. The van der Waals surface area contributed by atoms with Crippen LogP contribution in [0.25, 0.3) is 0 Å². The van der Waals surface area contributed by atoms with Crippen molar-refractivity contribution in [3.63, 3.8) is 0 Å². The second kappa shape index (κ2) is 3.38. The Hall–Kier alpha value is -1.85. The number of anilines is 1. The molecule has 2 heterocycles. The fourth-order valence-electron chi connectivity index (χ4n) is 1.69. The molecule has 80 valence electrons. The molecular formula is C9H11N3O3. The molecule has 0 unspecified atom stereocenters. The van der Waals surface area contributed by atoms with Crippen molar-refractivity contribution in [2.24, 2.45) is 0 Å². The number of imidazole rings is 1. The minimum Gasteiger partial charge on any atom is -0.476 e. The molecule has 1 N–H and O–H groups in total. The van der Waals surface area contributed by atoms with Gasteiger partial charge in [0.15, 0.2) is 5.69 Å². The van der Waals surface area contributed by atoms with E-state index >= 15 is 0 Å². The molecule has 0 saturated heterocycles. The summed E-state index contributed by atoms with van der Waals surface area (Å²) in [6.07, 6.45) is 2.29. The Balaban J connectivity index is 2.43. The number of hydrogen-bond donors (Lipinski definition) is 1. The summed E-state index contributed by atoms with van der Waals surface area (Å²) < 4.78 is 1.70. The van der Waals surface area contributed by atoms with Crippen molar-refractivity contribution in [1.82, 2.24) is 9.55 Å². The number of rotatable bonds is 1. The first kappa shape index (κ1) is 9.70. The quantitative estimate of drug-likeness (QED) is 0.723. The molecule has 15 heavy (non-hydrogen) atoms. The van der Waals surface area contributed by atoms with E-state index in [9.17, 15) is 9.59 Å². The summed E-state index contributed by atoms with van der Waals surface area (Å²) in [6.45, 7) is 2.76. The lowest BCUT2D eigenvalue weighted by atomic mass is 10.3. The van der Waals surface area contributed by atoms with E-state index < -0.39 is 5.97 Å². The SMILES string of the molecule is CC(=O)N1CCCn2cc(C(=O)O)nc21. The number of carboxylic acid groups (broad SMARTS) is 1. The van der Waals surface area contributed by atoms with Gasteiger partial charge in [-0.25, -0.2) is 9.78 Å². The number of fused-ring (bicyclic) bond motifs is 1. The molecule has 1 aromatic rings. The molecule has 6 heteroatoms. The lowest BCUT2D eigenvalue weighted by Gasteiger charge is -2.25. The Labute approximate surface area is 86.1 Å². The van der Waals surface area contributed by atoms with Gasteiger partial charge in [0.1, 0.15) is 0 Å². The van der Waals surface area contributed by atoms with Crippen LogP contribution in [0.15, 0.2) is 6.20 Å². The molecule has 1 aliphatic rings. The van der Waals surface area contributed by atoms with Gasteiger partial charge in [0.25, 0.3) is 0 Å². The van der Waals surface area contributed by atoms with Crippen LogP contribution in [0.2, 0.25) is 0 Å². The van der Waals surface area contributed by atoms with Crippen molar-refractivity contribution in [2.45, 2.75) is 19.9 Å². The highest BCUT2D eigenvalue weighted by atomic mass is 16.4. The molecule has 6 nitrogen and oxygen atoms in total. The average molecular weight is 209 g/mol. The minimum atomic E-state index is -1.07. The van der Waals surface area contributed by atoms with Crippen LogP contribution in [0.3, 0.4) is 0 Å².